The number of aliphatic hydroxyl groups excluding tert-OH is 2. The highest BCUT2D eigenvalue weighted by Crippen LogP contribution is 2.46. The Kier molecular flexibility index (Phi) is 9.50. The number of rotatable bonds is 8. The molecule has 4 aliphatic rings. The lowest BCUT2D eigenvalue weighted by Crippen LogP contribution is -2.54. The van der Waals surface area contributed by atoms with Crippen LogP contribution in [0.25, 0.3) is 0 Å². The molecule has 7 heteroatoms. The van der Waals surface area contributed by atoms with E-state index >= 15 is 0 Å². The van der Waals surface area contributed by atoms with E-state index in [-0.39, 0.29) is 30.5 Å². The predicted molar refractivity (Wildman–Crippen MR) is 152 cm³/mol. The van der Waals surface area contributed by atoms with Crippen LogP contribution in [0.15, 0.2) is 12.1 Å². The lowest BCUT2D eigenvalue weighted by molar-refractivity contribution is -0.124. The highest BCUT2D eigenvalue weighted by molar-refractivity contribution is 5.85. The fraction of sp³-hybridized carbons (Fsp3) is 0.697. The first kappa shape index (κ1) is 29.1. The molecule has 0 unspecified atom stereocenters. The van der Waals surface area contributed by atoms with Gasteiger partial charge in [-0.1, -0.05) is 18.3 Å². The maximum atomic E-state index is 13.3. The molecule has 0 radical (unpaired) electrons. The van der Waals surface area contributed by atoms with Gasteiger partial charge in [-0.2, -0.15) is 0 Å². The summed E-state index contributed by atoms with van der Waals surface area (Å²) in [6, 6.07) is 3.83. The van der Waals surface area contributed by atoms with Crippen molar-refractivity contribution >= 4 is 11.6 Å². The Balaban J connectivity index is 1.23. The van der Waals surface area contributed by atoms with Gasteiger partial charge in [-0.3, -0.25) is 9.59 Å². The van der Waals surface area contributed by atoms with Crippen molar-refractivity contribution in [2.45, 2.75) is 95.1 Å². The molecule has 1 saturated heterocycles. The fourth-order valence-electron chi connectivity index (χ4n) is 8.01. The van der Waals surface area contributed by atoms with E-state index < -0.39 is 12.0 Å². The molecule has 0 spiro atoms. The normalized spacial score (nSPS) is 32.7. The number of carbonyl (C=O) groups excluding carboxylic acids is 2. The van der Waals surface area contributed by atoms with Crippen molar-refractivity contribution in [3.8, 4) is 23.3 Å². The van der Waals surface area contributed by atoms with E-state index in [2.05, 4.69) is 17.2 Å². The minimum absolute atomic E-state index is 0.0367. The van der Waals surface area contributed by atoms with E-state index in [1.165, 1.54) is 13.5 Å². The Labute approximate surface area is 238 Å². The molecule has 3 aliphatic carbocycles. The number of fused-ring (bicyclic) bond motifs is 4. The molecule has 1 heterocycles. The first-order valence-corrected chi connectivity index (χ1v) is 15.4. The van der Waals surface area contributed by atoms with Crippen LogP contribution in [0, 0.1) is 41.4 Å². The van der Waals surface area contributed by atoms with E-state index in [9.17, 15) is 24.9 Å². The molecular formula is C33H45NO6. The molecule has 218 valence electrons. The van der Waals surface area contributed by atoms with Gasteiger partial charge in [0, 0.05) is 37.8 Å². The maximum absolute atomic E-state index is 13.3. The number of phenolic OH excluding ortho intramolecular Hbond substituents is 1. The number of aryl methyl sites for hydroxylation is 1. The summed E-state index contributed by atoms with van der Waals surface area (Å²) in [7, 11) is 1.50. The molecule has 3 fully saturated rings. The number of piperidine rings is 1. The number of methoxy groups -OCH3 is 1. The summed E-state index contributed by atoms with van der Waals surface area (Å²) in [6.07, 6.45) is 8.52. The van der Waals surface area contributed by atoms with Crippen molar-refractivity contribution in [3.63, 3.8) is 0 Å². The standard InChI is InChI=1S/C33H45NO6/c1-40-33-16-22-7-13-31(38)27(10-6-21(3-2-14-35)28(22)18-32(33)39)30(37)12-5-20-4-9-25-23(15-20)19-34-29-17-24(36)8-11-26(25)29/h16,18,20-21,23,25-27,29-30,34-35,37,39H,2-5,7-9,11-15,17,19H2,1H3/t20-,21-,23+,25+,26-,27-,29-,30-/m1/s1. The van der Waals surface area contributed by atoms with Crippen molar-refractivity contribution in [1.29, 1.82) is 0 Å². The Bertz CT molecular complexity index is 1140. The zero-order chi connectivity index (χ0) is 28.2. The number of hydrogen-bond acceptors (Lipinski definition) is 7. The van der Waals surface area contributed by atoms with Gasteiger partial charge >= 0.3 is 0 Å². The number of hydrogen-bond donors (Lipinski definition) is 4. The van der Waals surface area contributed by atoms with Gasteiger partial charge in [0.05, 0.1) is 13.2 Å². The number of aliphatic hydroxyl groups is 2. The Morgan fingerprint density at radius 2 is 1.93 bits per heavy atom. The average molecular weight is 552 g/mol. The third-order valence-corrected chi connectivity index (χ3v) is 10.2. The molecule has 4 N–H and O–H groups in total. The molecule has 40 heavy (non-hydrogen) atoms. The van der Waals surface area contributed by atoms with Gasteiger partial charge in [-0.05, 0) is 105 Å². The van der Waals surface area contributed by atoms with Crippen LogP contribution in [0.4, 0.5) is 0 Å². The zero-order valence-electron chi connectivity index (χ0n) is 23.7. The summed E-state index contributed by atoms with van der Waals surface area (Å²) in [4.78, 5) is 25.2. The molecule has 7 nitrogen and oxygen atoms in total. The number of ether oxygens (including phenoxy) is 1. The molecule has 1 aromatic carbocycles. The average Bonchev–Trinajstić information content (AvgIpc) is 3.02. The molecular weight excluding hydrogens is 506 g/mol. The van der Waals surface area contributed by atoms with Crippen LogP contribution < -0.4 is 10.1 Å². The van der Waals surface area contributed by atoms with E-state index in [1.807, 2.05) is 0 Å². The lowest BCUT2D eigenvalue weighted by Gasteiger charge is -2.49. The number of aromatic hydroxyl groups is 1. The second-order valence-corrected chi connectivity index (χ2v) is 12.6. The van der Waals surface area contributed by atoms with Gasteiger partial charge in [0.15, 0.2) is 17.3 Å². The van der Waals surface area contributed by atoms with Gasteiger partial charge in [0.2, 0.25) is 0 Å². The SMILES string of the molecule is COc1cc2c(cc1O)[C@H](CCCO)C#C[C@H]([C@H](O)CC[C@H]1CC[C@H]3[C@H](CN[C@@H]4CC(=O)CC[C@H]34)C1)C(=O)CC2. The molecule has 1 aromatic rings. The Morgan fingerprint density at radius 3 is 2.73 bits per heavy atom. The molecule has 0 aromatic heterocycles. The van der Waals surface area contributed by atoms with E-state index in [0.29, 0.717) is 73.4 Å². The summed E-state index contributed by atoms with van der Waals surface area (Å²) >= 11 is 0. The van der Waals surface area contributed by atoms with Crippen LogP contribution in [0.1, 0.15) is 87.7 Å². The highest BCUT2D eigenvalue weighted by atomic mass is 16.5. The number of ketones is 2. The fourth-order valence-corrected chi connectivity index (χ4v) is 8.01. The van der Waals surface area contributed by atoms with Gasteiger partial charge in [-0.15, -0.1) is 0 Å². The van der Waals surface area contributed by atoms with Crippen molar-refractivity contribution in [1.82, 2.24) is 5.32 Å². The van der Waals surface area contributed by atoms with Crippen LogP contribution >= 0.6 is 0 Å². The summed E-state index contributed by atoms with van der Waals surface area (Å²) in [6.45, 7) is 1.03. The Hall–Kier alpha value is -2.40. The molecule has 0 bridgehead atoms. The van der Waals surface area contributed by atoms with Gasteiger partial charge in [-0.25, -0.2) is 0 Å². The molecule has 0 amide bonds. The van der Waals surface area contributed by atoms with Crippen LogP contribution in [0.5, 0.6) is 11.5 Å². The second kappa shape index (κ2) is 13.1. The second-order valence-electron chi connectivity index (χ2n) is 12.6. The summed E-state index contributed by atoms with van der Waals surface area (Å²) < 4.78 is 5.30. The number of Topliss-reactive ketones (excluding diaryl/α,β-unsaturated/α-hetero) is 2. The van der Waals surface area contributed by atoms with Crippen LogP contribution in [-0.2, 0) is 16.0 Å². The predicted octanol–water partition coefficient (Wildman–Crippen LogP) is 3.91. The first-order valence-electron chi connectivity index (χ1n) is 15.4. The van der Waals surface area contributed by atoms with E-state index in [0.717, 1.165) is 49.8 Å². The first-order chi connectivity index (χ1) is 19.4. The van der Waals surface area contributed by atoms with Gasteiger partial charge in [0.1, 0.15) is 11.7 Å². The minimum atomic E-state index is -0.807. The third kappa shape index (κ3) is 6.40. The molecule has 2 saturated carbocycles. The topological polar surface area (TPSA) is 116 Å². The van der Waals surface area contributed by atoms with Crippen molar-refractivity contribution < 1.29 is 29.6 Å². The molecule has 1 aliphatic heterocycles. The smallest absolute Gasteiger partial charge is 0.160 e. The van der Waals surface area contributed by atoms with Crippen LogP contribution in [-0.4, -0.2) is 59.3 Å². The summed E-state index contributed by atoms with van der Waals surface area (Å²) in [5, 5.41) is 34.8. The largest absolute Gasteiger partial charge is 0.504 e. The number of carbonyl (C=O) groups is 2. The quantitative estimate of drug-likeness (QED) is 0.362. The number of phenols is 1. The monoisotopic (exact) mass is 551 g/mol. The Morgan fingerprint density at radius 1 is 1.07 bits per heavy atom. The maximum Gasteiger partial charge on any atom is 0.160 e. The number of nitrogens with one attached hydrogen (secondary N) is 1. The van der Waals surface area contributed by atoms with Crippen molar-refractivity contribution in [2.75, 3.05) is 20.3 Å². The van der Waals surface area contributed by atoms with E-state index in [1.54, 1.807) is 12.1 Å². The lowest BCUT2D eigenvalue weighted by atomic mass is 9.61. The molecule has 8 atom stereocenters. The molecule has 5 rings (SSSR count). The number of benzene rings is 1. The highest BCUT2D eigenvalue weighted by Gasteiger charge is 2.44. The van der Waals surface area contributed by atoms with Crippen LogP contribution in [0.3, 0.4) is 0 Å². The summed E-state index contributed by atoms with van der Waals surface area (Å²) in [5.41, 5.74) is 1.78. The van der Waals surface area contributed by atoms with Gasteiger partial charge < -0.3 is 25.4 Å². The van der Waals surface area contributed by atoms with Gasteiger partial charge in [0.25, 0.3) is 0 Å². The van der Waals surface area contributed by atoms with Crippen molar-refractivity contribution in [3.05, 3.63) is 23.3 Å². The minimum Gasteiger partial charge on any atom is -0.504 e. The van der Waals surface area contributed by atoms with E-state index in [4.69, 9.17) is 4.74 Å². The van der Waals surface area contributed by atoms with Crippen LogP contribution in [0.2, 0.25) is 0 Å². The van der Waals surface area contributed by atoms with Crippen molar-refractivity contribution in [2.24, 2.45) is 29.6 Å². The third-order valence-electron chi connectivity index (χ3n) is 10.2. The zero-order valence-corrected chi connectivity index (χ0v) is 23.7. The summed E-state index contributed by atoms with van der Waals surface area (Å²) in [5.74, 6) is 8.70.